The van der Waals surface area contributed by atoms with E-state index in [1.54, 1.807) is 12.4 Å². The number of unbranched alkanes of at least 4 members (excludes halogenated alkanes) is 2. The maximum absolute atomic E-state index is 6.53. The van der Waals surface area contributed by atoms with E-state index < -0.39 is 0 Å². The number of pyridine rings is 1. The Bertz CT molecular complexity index is 721. The van der Waals surface area contributed by atoms with E-state index in [2.05, 4.69) is 24.1 Å². The summed E-state index contributed by atoms with van der Waals surface area (Å²) in [6.07, 6.45) is 13.9. The average Bonchev–Trinajstić information content (AvgIpc) is 3.30. The molecule has 4 rings (SSSR count). The number of aryl methyl sites for hydroxylation is 1. The summed E-state index contributed by atoms with van der Waals surface area (Å²) in [7, 11) is 0. The molecule has 0 amide bonds. The molecule has 0 unspecified atom stereocenters. The van der Waals surface area contributed by atoms with E-state index in [-0.39, 0.29) is 12.0 Å². The second kappa shape index (κ2) is 6.48. The molecule has 2 aliphatic carbocycles. The third-order valence-electron chi connectivity index (χ3n) is 5.41. The van der Waals surface area contributed by atoms with E-state index in [0.29, 0.717) is 11.8 Å². The van der Waals surface area contributed by atoms with Crippen LogP contribution >= 0.6 is 0 Å². The number of allylic oxidation sites excluding steroid dienone is 1. The molecule has 2 heterocycles. The first-order valence-corrected chi connectivity index (χ1v) is 9.08. The smallest absolute Gasteiger partial charge is 0.151 e. The second-order valence-corrected chi connectivity index (χ2v) is 7.01. The molecule has 0 radical (unpaired) electrons. The van der Waals surface area contributed by atoms with Gasteiger partial charge in [-0.3, -0.25) is 4.98 Å². The van der Waals surface area contributed by atoms with Crippen LogP contribution in [-0.4, -0.2) is 25.8 Å². The van der Waals surface area contributed by atoms with E-state index in [9.17, 15) is 0 Å². The van der Waals surface area contributed by atoms with Gasteiger partial charge in [0.2, 0.25) is 0 Å². The zero-order valence-corrected chi connectivity index (χ0v) is 14.2. The number of rotatable bonds is 6. The normalized spacial score (nSPS) is 27.9. The molecule has 0 spiro atoms. The number of fused-ring (bicyclic) bond motifs is 2. The minimum Gasteiger partial charge on any atom is -0.326 e. The molecule has 2 aliphatic rings. The third-order valence-corrected chi connectivity index (χ3v) is 5.41. The average molecular weight is 323 g/mol. The highest BCUT2D eigenvalue weighted by Crippen LogP contribution is 2.47. The lowest BCUT2D eigenvalue weighted by Gasteiger charge is -2.24. The van der Waals surface area contributed by atoms with Crippen molar-refractivity contribution in [2.45, 2.75) is 51.0 Å². The lowest BCUT2D eigenvalue weighted by Crippen LogP contribution is -2.33. The van der Waals surface area contributed by atoms with Crippen LogP contribution in [-0.2, 0) is 6.42 Å². The van der Waals surface area contributed by atoms with Gasteiger partial charge in [-0.2, -0.15) is 5.10 Å². The van der Waals surface area contributed by atoms with Crippen molar-refractivity contribution in [3.05, 3.63) is 48.3 Å². The minimum absolute atomic E-state index is 0.147. The van der Waals surface area contributed by atoms with E-state index >= 15 is 0 Å². The zero-order valence-electron chi connectivity index (χ0n) is 14.2. The first kappa shape index (κ1) is 15.5. The SMILES string of the molecule is CCCCCc1nc([C@H]2[C@@H](N)[C@H]3C=C[C@@H]2C3)n(-c2ccncc2)n1. The van der Waals surface area contributed by atoms with Crippen molar-refractivity contribution in [3.8, 4) is 5.69 Å². The molecule has 126 valence electrons. The molecule has 0 aliphatic heterocycles. The predicted molar refractivity (Wildman–Crippen MR) is 93.8 cm³/mol. The highest BCUT2D eigenvalue weighted by Gasteiger charge is 2.45. The van der Waals surface area contributed by atoms with Gasteiger partial charge in [-0.1, -0.05) is 31.9 Å². The summed E-state index contributed by atoms with van der Waals surface area (Å²) in [6, 6.07) is 4.12. The van der Waals surface area contributed by atoms with Crippen LogP contribution in [0.1, 0.15) is 50.2 Å². The predicted octanol–water partition coefficient (Wildman–Crippen LogP) is 3.01. The summed E-state index contributed by atoms with van der Waals surface area (Å²) in [5.41, 5.74) is 7.55. The number of nitrogens with zero attached hydrogens (tertiary/aromatic N) is 4. The van der Waals surface area contributed by atoms with Crippen LogP contribution < -0.4 is 5.73 Å². The molecule has 2 aromatic heterocycles. The molecule has 2 aromatic rings. The van der Waals surface area contributed by atoms with Gasteiger partial charge in [0.1, 0.15) is 5.82 Å². The van der Waals surface area contributed by atoms with Gasteiger partial charge >= 0.3 is 0 Å². The zero-order chi connectivity index (χ0) is 16.5. The van der Waals surface area contributed by atoms with Gasteiger partial charge in [0.25, 0.3) is 0 Å². The monoisotopic (exact) mass is 323 g/mol. The van der Waals surface area contributed by atoms with Crippen molar-refractivity contribution in [3.63, 3.8) is 0 Å². The summed E-state index contributed by atoms with van der Waals surface area (Å²) in [4.78, 5) is 9.05. The Labute approximate surface area is 143 Å². The first-order valence-electron chi connectivity index (χ1n) is 9.08. The standard InChI is InChI=1S/C19H25N5/c1-2-3-4-5-16-22-19(17-13-6-7-14(12-13)18(17)20)24(23-16)15-8-10-21-11-9-15/h6-11,13-14,17-18H,2-5,12,20H2,1H3/t13-,14+,17-,18+/m1/s1. The molecule has 0 saturated heterocycles. The lowest BCUT2D eigenvalue weighted by atomic mass is 9.88. The number of aromatic nitrogens is 4. The Hall–Kier alpha value is -2.01. The summed E-state index contributed by atoms with van der Waals surface area (Å²) in [5, 5.41) is 4.81. The van der Waals surface area contributed by atoms with Crippen LogP contribution in [0.3, 0.4) is 0 Å². The fourth-order valence-corrected chi connectivity index (χ4v) is 4.12. The first-order chi connectivity index (χ1) is 11.8. The van der Waals surface area contributed by atoms with Crippen LogP contribution in [0.5, 0.6) is 0 Å². The molecule has 5 nitrogen and oxygen atoms in total. The maximum atomic E-state index is 6.53. The molecule has 5 heteroatoms. The van der Waals surface area contributed by atoms with Crippen molar-refractivity contribution in [2.75, 3.05) is 0 Å². The van der Waals surface area contributed by atoms with Crippen molar-refractivity contribution >= 4 is 0 Å². The van der Waals surface area contributed by atoms with E-state index in [1.807, 2.05) is 16.8 Å². The van der Waals surface area contributed by atoms with Crippen molar-refractivity contribution < 1.29 is 0 Å². The molecular formula is C19H25N5. The topological polar surface area (TPSA) is 69.6 Å². The number of nitrogens with two attached hydrogens (primary N) is 1. The molecular weight excluding hydrogens is 298 g/mol. The lowest BCUT2D eigenvalue weighted by molar-refractivity contribution is 0.473. The molecule has 1 saturated carbocycles. The number of hydrogen-bond acceptors (Lipinski definition) is 4. The van der Waals surface area contributed by atoms with Gasteiger partial charge < -0.3 is 5.73 Å². The van der Waals surface area contributed by atoms with Crippen molar-refractivity contribution in [2.24, 2.45) is 17.6 Å². The second-order valence-electron chi connectivity index (χ2n) is 7.01. The molecule has 24 heavy (non-hydrogen) atoms. The number of hydrogen-bond donors (Lipinski definition) is 1. The van der Waals surface area contributed by atoms with Crippen LogP contribution in [0, 0.1) is 11.8 Å². The highest BCUT2D eigenvalue weighted by molar-refractivity contribution is 5.33. The largest absolute Gasteiger partial charge is 0.326 e. The third kappa shape index (κ3) is 2.67. The Morgan fingerprint density at radius 2 is 1.96 bits per heavy atom. The summed E-state index contributed by atoms with van der Waals surface area (Å²) in [5.74, 6) is 3.22. The molecule has 2 N–H and O–H groups in total. The fourth-order valence-electron chi connectivity index (χ4n) is 4.12. The highest BCUT2D eigenvalue weighted by atomic mass is 15.4. The van der Waals surface area contributed by atoms with E-state index in [1.165, 1.54) is 12.8 Å². The fraction of sp³-hybridized carbons (Fsp3) is 0.526. The summed E-state index contributed by atoms with van der Waals surface area (Å²) < 4.78 is 2.00. The Balaban J connectivity index is 1.70. The van der Waals surface area contributed by atoms with Crippen molar-refractivity contribution in [1.29, 1.82) is 0 Å². The van der Waals surface area contributed by atoms with Crippen molar-refractivity contribution in [1.82, 2.24) is 19.7 Å². The van der Waals surface area contributed by atoms with E-state index in [4.69, 9.17) is 15.8 Å². The van der Waals surface area contributed by atoms with Crippen LogP contribution in [0.25, 0.3) is 5.69 Å². The van der Waals surface area contributed by atoms with Gasteiger partial charge in [0.05, 0.1) is 5.69 Å². The maximum Gasteiger partial charge on any atom is 0.151 e. The van der Waals surface area contributed by atoms with Gasteiger partial charge in [0, 0.05) is 30.8 Å². The quantitative estimate of drug-likeness (QED) is 0.655. The molecule has 1 fully saturated rings. The Morgan fingerprint density at radius 1 is 1.17 bits per heavy atom. The molecule has 4 atom stereocenters. The van der Waals surface area contributed by atoms with Crippen LogP contribution in [0.2, 0.25) is 0 Å². The van der Waals surface area contributed by atoms with Crippen LogP contribution in [0.4, 0.5) is 0 Å². The van der Waals surface area contributed by atoms with Gasteiger partial charge in [-0.15, -0.1) is 0 Å². The molecule has 0 aromatic carbocycles. The van der Waals surface area contributed by atoms with E-state index in [0.717, 1.165) is 36.6 Å². The van der Waals surface area contributed by atoms with Crippen LogP contribution in [0.15, 0.2) is 36.7 Å². The van der Waals surface area contributed by atoms with Gasteiger partial charge in [-0.05, 0) is 36.8 Å². The minimum atomic E-state index is 0.147. The Kier molecular flexibility index (Phi) is 4.19. The molecule has 2 bridgehead atoms. The summed E-state index contributed by atoms with van der Waals surface area (Å²) in [6.45, 7) is 2.22. The van der Waals surface area contributed by atoms with Gasteiger partial charge in [0.15, 0.2) is 5.82 Å². The summed E-state index contributed by atoms with van der Waals surface area (Å²) >= 11 is 0. The van der Waals surface area contributed by atoms with Gasteiger partial charge in [-0.25, -0.2) is 9.67 Å². The Morgan fingerprint density at radius 3 is 2.67 bits per heavy atom.